The molecule has 0 spiro atoms. The highest BCUT2D eigenvalue weighted by molar-refractivity contribution is 5.40. The number of nitrogens with one attached hydrogen (secondary N) is 1. The summed E-state index contributed by atoms with van der Waals surface area (Å²) in [5, 5.41) is 3.51. The molecule has 0 aliphatic heterocycles. The summed E-state index contributed by atoms with van der Waals surface area (Å²) in [6.45, 7) is 8.95. The molecule has 1 unspecified atom stereocenters. The number of benzene rings is 1. The van der Waals surface area contributed by atoms with Crippen molar-refractivity contribution in [2.75, 3.05) is 46.9 Å². The quantitative estimate of drug-likeness (QED) is 0.687. The number of hydrogen-bond donors (Lipinski definition) is 2. The molecule has 0 radical (unpaired) electrons. The molecule has 1 rings (SSSR count). The molecule has 21 heavy (non-hydrogen) atoms. The van der Waals surface area contributed by atoms with Crippen molar-refractivity contribution < 1.29 is 9.47 Å². The highest BCUT2D eigenvalue weighted by Gasteiger charge is 2.12. The molecule has 5 heteroatoms. The van der Waals surface area contributed by atoms with Crippen LogP contribution in [0, 0.1) is 0 Å². The second-order valence-corrected chi connectivity index (χ2v) is 4.92. The molecule has 0 saturated heterocycles. The largest absolute Gasteiger partial charge is 0.497 e. The molecule has 0 heterocycles. The minimum atomic E-state index is 0.101. The van der Waals surface area contributed by atoms with Crippen molar-refractivity contribution in [3.63, 3.8) is 0 Å². The lowest BCUT2D eigenvalue weighted by atomic mass is 10.1. The minimum absolute atomic E-state index is 0.101. The molecule has 120 valence electrons. The summed E-state index contributed by atoms with van der Waals surface area (Å²) in [7, 11) is 3.31. The second kappa shape index (κ2) is 9.60. The van der Waals surface area contributed by atoms with Gasteiger partial charge in [0.25, 0.3) is 0 Å². The van der Waals surface area contributed by atoms with Crippen LogP contribution in [0.4, 0.5) is 0 Å². The van der Waals surface area contributed by atoms with Crippen LogP contribution in [0.2, 0.25) is 0 Å². The molecule has 0 bridgehead atoms. The zero-order valence-electron chi connectivity index (χ0n) is 13.7. The topological polar surface area (TPSA) is 59.8 Å². The summed E-state index contributed by atoms with van der Waals surface area (Å²) < 4.78 is 10.6. The standard InChI is InChI=1S/C16H29N3O2/c1-5-19(6-2)8-7-18-16(12-17)13-9-14(20-3)11-15(10-13)21-4/h9-11,16,18H,5-8,12,17H2,1-4H3. The van der Waals surface area contributed by atoms with Gasteiger partial charge in [-0.15, -0.1) is 0 Å². The Morgan fingerprint density at radius 3 is 2.10 bits per heavy atom. The molecule has 0 aromatic heterocycles. The average molecular weight is 295 g/mol. The number of nitrogens with zero attached hydrogens (tertiary/aromatic N) is 1. The maximum atomic E-state index is 5.91. The van der Waals surface area contributed by atoms with Gasteiger partial charge >= 0.3 is 0 Å². The lowest BCUT2D eigenvalue weighted by Gasteiger charge is -2.22. The Balaban J connectivity index is 2.70. The summed E-state index contributed by atoms with van der Waals surface area (Å²) in [6.07, 6.45) is 0. The van der Waals surface area contributed by atoms with Crippen LogP contribution >= 0.6 is 0 Å². The van der Waals surface area contributed by atoms with E-state index >= 15 is 0 Å². The molecule has 0 aliphatic rings. The minimum Gasteiger partial charge on any atom is -0.497 e. The normalized spacial score (nSPS) is 12.5. The first-order valence-electron chi connectivity index (χ1n) is 7.57. The third kappa shape index (κ3) is 5.53. The van der Waals surface area contributed by atoms with E-state index in [0.29, 0.717) is 6.54 Å². The first-order valence-corrected chi connectivity index (χ1v) is 7.57. The van der Waals surface area contributed by atoms with Crippen molar-refractivity contribution in [2.24, 2.45) is 5.73 Å². The van der Waals surface area contributed by atoms with Crippen LogP contribution in [0.1, 0.15) is 25.5 Å². The third-order valence-corrected chi connectivity index (χ3v) is 3.73. The van der Waals surface area contributed by atoms with Crippen LogP contribution < -0.4 is 20.5 Å². The second-order valence-electron chi connectivity index (χ2n) is 4.92. The van der Waals surface area contributed by atoms with Crippen molar-refractivity contribution in [2.45, 2.75) is 19.9 Å². The van der Waals surface area contributed by atoms with Crippen LogP contribution in [-0.4, -0.2) is 51.8 Å². The van der Waals surface area contributed by atoms with E-state index in [1.165, 1.54) is 0 Å². The lowest BCUT2D eigenvalue weighted by molar-refractivity contribution is 0.296. The molecule has 1 aromatic rings. The van der Waals surface area contributed by atoms with Gasteiger partial charge in [-0.25, -0.2) is 0 Å². The summed E-state index contributed by atoms with van der Waals surface area (Å²) in [5.74, 6) is 1.57. The first kappa shape index (κ1) is 17.8. The van der Waals surface area contributed by atoms with E-state index in [0.717, 1.165) is 43.2 Å². The summed E-state index contributed by atoms with van der Waals surface area (Å²) >= 11 is 0. The fourth-order valence-corrected chi connectivity index (χ4v) is 2.30. The highest BCUT2D eigenvalue weighted by atomic mass is 16.5. The Bertz CT molecular complexity index is 386. The molecular weight excluding hydrogens is 266 g/mol. The Labute approximate surface area is 128 Å². The predicted octanol–water partition coefficient (Wildman–Crippen LogP) is 1.64. The maximum Gasteiger partial charge on any atom is 0.122 e. The van der Waals surface area contributed by atoms with Gasteiger partial charge in [-0.3, -0.25) is 0 Å². The van der Waals surface area contributed by atoms with E-state index in [9.17, 15) is 0 Å². The van der Waals surface area contributed by atoms with Gasteiger partial charge in [-0.1, -0.05) is 13.8 Å². The van der Waals surface area contributed by atoms with E-state index in [1.54, 1.807) is 14.2 Å². The third-order valence-electron chi connectivity index (χ3n) is 3.73. The number of ether oxygens (including phenoxy) is 2. The molecule has 0 aliphatic carbocycles. The maximum absolute atomic E-state index is 5.91. The van der Waals surface area contributed by atoms with Crippen molar-refractivity contribution >= 4 is 0 Å². The van der Waals surface area contributed by atoms with Crippen molar-refractivity contribution in [1.29, 1.82) is 0 Å². The van der Waals surface area contributed by atoms with Gasteiger partial charge in [0.15, 0.2) is 0 Å². The highest BCUT2D eigenvalue weighted by Crippen LogP contribution is 2.26. The van der Waals surface area contributed by atoms with Crippen LogP contribution in [-0.2, 0) is 0 Å². The lowest BCUT2D eigenvalue weighted by Crippen LogP contribution is -2.36. The number of methoxy groups -OCH3 is 2. The van der Waals surface area contributed by atoms with E-state index in [2.05, 4.69) is 24.1 Å². The van der Waals surface area contributed by atoms with E-state index in [1.807, 2.05) is 18.2 Å². The summed E-state index contributed by atoms with van der Waals surface area (Å²) in [6, 6.07) is 5.98. The van der Waals surface area contributed by atoms with Crippen molar-refractivity contribution in [1.82, 2.24) is 10.2 Å². The molecule has 3 N–H and O–H groups in total. The SMILES string of the molecule is CCN(CC)CCNC(CN)c1cc(OC)cc(OC)c1. The van der Waals surface area contributed by atoms with Gasteiger partial charge in [-0.05, 0) is 30.8 Å². The summed E-state index contributed by atoms with van der Waals surface area (Å²) in [4.78, 5) is 2.38. The molecule has 1 atom stereocenters. The Hall–Kier alpha value is -1.30. The predicted molar refractivity (Wildman–Crippen MR) is 87.1 cm³/mol. The van der Waals surface area contributed by atoms with Crippen molar-refractivity contribution in [3.05, 3.63) is 23.8 Å². The van der Waals surface area contributed by atoms with E-state index in [-0.39, 0.29) is 6.04 Å². The number of nitrogens with two attached hydrogens (primary N) is 1. The molecule has 0 saturated carbocycles. The van der Waals surface area contributed by atoms with E-state index in [4.69, 9.17) is 15.2 Å². The van der Waals surface area contributed by atoms with Gasteiger partial charge in [0.2, 0.25) is 0 Å². The molecule has 0 fully saturated rings. The van der Waals surface area contributed by atoms with Crippen LogP contribution in [0.25, 0.3) is 0 Å². The molecule has 0 amide bonds. The Morgan fingerprint density at radius 1 is 1.10 bits per heavy atom. The average Bonchev–Trinajstić information content (AvgIpc) is 2.54. The number of rotatable bonds is 10. The summed E-state index contributed by atoms with van der Waals surface area (Å²) in [5.41, 5.74) is 7.00. The molecular formula is C16H29N3O2. The van der Waals surface area contributed by atoms with Gasteiger partial charge in [-0.2, -0.15) is 0 Å². The van der Waals surface area contributed by atoms with Gasteiger partial charge in [0.1, 0.15) is 11.5 Å². The zero-order chi connectivity index (χ0) is 15.7. The Morgan fingerprint density at radius 2 is 1.67 bits per heavy atom. The fourth-order valence-electron chi connectivity index (χ4n) is 2.30. The monoisotopic (exact) mass is 295 g/mol. The fraction of sp³-hybridized carbons (Fsp3) is 0.625. The van der Waals surface area contributed by atoms with Crippen LogP contribution in [0.15, 0.2) is 18.2 Å². The Kier molecular flexibility index (Phi) is 8.12. The molecule has 5 nitrogen and oxygen atoms in total. The van der Waals surface area contributed by atoms with Crippen molar-refractivity contribution in [3.8, 4) is 11.5 Å². The number of likely N-dealkylation sites (N-methyl/N-ethyl adjacent to an activating group) is 1. The smallest absolute Gasteiger partial charge is 0.122 e. The van der Waals surface area contributed by atoms with Gasteiger partial charge in [0, 0.05) is 31.7 Å². The molecule has 1 aromatic carbocycles. The van der Waals surface area contributed by atoms with Gasteiger partial charge in [0.05, 0.1) is 14.2 Å². The number of hydrogen-bond acceptors (Lipinski definition) is 5. The van der Waals surface area contributed by atoms with E-state index < -0.39 is 0 Å². The van der Waals surface area contributed by atoms with Crippen LogP contribution in [0.5, 0.6) is 11.5 Å². The van der Waals surface area contributed by atoms with Gasteiger partial charge < -0.3 is 25.4 Å². The zero-order valence-corrected chi connectivity index (χ0v) is 13.7. The first-order chi connectivity index (χ1) is 10.2. The van der Waals surface area contributed by atoms with Crippen LogP contribution in [0.3, 0.4) is 0 Å².